The van der Waals surface area contributed by atoms with E-state index in [9.17, 15) is 14.4 Å². The quantitative estimate of drug-likeness (QED) is 0.168. The molecule has 3 rings (SSSR count). The highest BCUT2D eigenvalue weighted by atomic mass is 35.5. The maximum atomic E-state index is 12.5. The molecule has 0 aliphatic carbocycles. The number of esters is 1. The van der Waals surface area contributed by atoms with Crippen molar-refractivity contribution in [3.63, 3.8) is 0 Å². The van der Waals surface area contributed by atoms with E-state index in [-0.39, 0.29) is 17.0 Å². The first-order valence-corrected chi connectivity index (χ1v) is 10.6. The number of hydrogen-bond acceptors (Lipinski definition) is 7. The van der Waals surface area contributed by atoms with Gasteiger partial charge in [-0.05, 0) is 49.4 Å². The average molecular weight is 496 g/mol. The zero-order valence-electron chi connectivity index (χ0n) is 19.1. The number of benzene rings is 3. The molecule has 35 heavy (non-hydrogen) atoms. The standard InChI is InChI=1S/C25H22ClN3O6/c1-15(19-9-4-5-10-21(19)35-25(32)16-7-6-8-17(26)13-16)28-29-24(31)23(30)27-20-14-18(33-2)11-12-22(20)34-3/h4-14H,1-3H3,(H,27,30)(H,29,31)/b28-15+. The Kier molecular flexibility index (Phi) is 8.42. The molecule has 3 aromatic rings. The van der Waals surface area contributed by atoms with Crippen molar-refractivity contribution >= 4 is 40.8 Å². The van der Waals surface area contributed by atoms with Gasteiger partial charge in [-0.2, -0.15) is 5.10 Å². The second kappa shape index (κ2) is 11.7. The van der Waals surface area contributed by atoms with Gasteiger partial charge in [-0.15, -0.1) is 0 Å². The predicted octanol–water partition coefficient (Wildman–Crippen LogP) is 4.06. The number of nitrogens with zero attached hydrogens (tertiary/aromatic N) is 1. The number of hydrogen-bond donors (Lipinski definition) is 2. The minimum Gasteiger partial charge on any atom is -0.497 e. The fraction of sp³-hybridized carbons (Fsp3) is 0.120. The SMILES string of the molecule is COc1ccc(OC)c(NC(=O)C(=O)N/N=C(\C)c2ccccc2OC(=O)c2cccc(Cl)c2)c1. The number of amides is 2. The summed E-state index contributed by atoms with van der Waals surface area (Å²) in [6.07, 6.45) is 0. The van der Waals surface area contributed by atoms with E-state index < -0.39 is 17.8 Å². The summed E-state index contributed by atoms with van der Waals surface area (Å²) < 4.78 is 15.8. The van der Waals surface area contributed by atoms with Gasteiger partial charge in [0.25, 0.3) is 0 Å². The molecule has 0 atom stereocenters. The third kappa shape index (κ3) is 6.58. The molecule has 0 unspecified atom stereocenters. The fourth-order valence-electron chi connectivity index (χ4n) is 2.97. The summed E-state index contributed by atoms with van der Waals surface area (Å²) in [6.45, 7) is 1.59. The minimum atomic E-state index is -1.01. The van der Waals surface area contributed by atoms with Gasteiger partial charge in [0, 0.05) is 16.7 Å². The highest BCUT2D eigenvalue weighted by Gasteiger charge is 2.18. The van der Waals surface area contributed by atoms with Crippen LogP contribution >= 0.6 is 11.6 Å². The van der Waals surface area contributed by atoms with Crippen LogP contribution in [-0.2, 0) is 9.59 Å². The number of halogens is 1. The van der Waals surface area contributed by atoms with Gasteiger partial charge in [-0.25, -0.2) is 10.2 Å². The third-order valence-electron chi connectivity index (χ3n) is 4.73. The van der Waals surface area contributed by atoms with E-state index in [2.05, 4.69) is 15.8 Å². The molecule has 0 fully saturated rings. The number of methoxy groups -OCH3 is 2. The Labute approximate surface area is 206 Å². The number of carbonyl (C=O) groups excluding carboxylic acids is 3. The van der Waals surface area contributed by atoms with E-state index in [0.717, 1.165) is 0 Å². The summed E-state index contributed by atoms with van der Waals surface area (Å²) in [5.74, 6) is -1.54. The number of nitrogens with one attached hydrogen (secondary N) is 2. The Balaban J connectivity index is 1.71. The first kappa shape index (κ1) is 25.3. The van der Waals surface area contributed by atoms with Crippen LogP contribution in [0.2, 0.25) is 5.02 Å². The third-order valence-corrected chi connectivity index (χ3v) is 4.96. The molecule has 0 heterocycles. The summed E-state index contributed by atoms with van der Waals surface area (Å²) in [6, 6.07) is 17.8. The predicted molar refractivity (Wildman–Crippen MR) is 131 cm³/mol. The molecule has 9 nitrogen and oxygen atoms in total. The zero-order chi connectivity index (χ0) is 25.4. The van der Waals surface area contributed by atoms with E-state index in [4.69, 9.17) is 25.8 Å². The van der Waals surface area contributed by atoms with Crippen molar-refractivity contribution in [2.45, 2.75) is 6.92 Å². The average Bonchev–Trinajstić information content (AvgIpc) is 2.87. The Hall–Kier alpha value is -4.37. The lowest BCUT2D eigenvalue weighted by Gasteiger charge is -2.12. The molecule has 0 spiro atoms. The first-order valence-electron chi connectivity index (χ1n) is 10.3. The fourth-order valence-corrected chi connectivity index (χ4v) is 3.16. The normalized spacial score (nSPS) is 10.8. The van der Waals surface area contributed by atoms with E-state index in [0.29, 0.717) is 27.8 Å². The highest BCUT2D eigenvalue weighted by molar-refractivity contribution is 6.39. The maximum absolute atomic E-state index is 12.5. The second-order valence-electron chi connectivity index (χ2n) is 7.05. The zero-order valence-corrected chi connectivity index (χ0v) is 19.9. The van der Waals surface area contributed by atoms with Gasteiger partial charge in [0.05, 0.1) is 31.2 Å². The molecule has 0 saturated carbocycles. The van der Waals surface area contributed by atoms with E-state index in [1.807, 2.05) is 0 Å². The molecule has 180 valence electrons. The van der Waals surface area contributed by atoms with Gasteiger partial charge in [0.1, 0.15) is 17.2 Å². The van der Waals surface area contributed by atoms with Crippen molar-refractivity contribution in [2.75, 3.05) is 19.5 Å². The molecule has 0 aliphatic heterocycles. The molecule has 3 aromatic carbocycles. The smallest absolute Gasteiger partial charge is 0.343 e. The van der Waals surface area contributed by atoms with Gasteiger partial charge < -0.3 is 19.5 Å². The summed E-state index contributed by atoms with van der Waals surface area (Å²) in [7, 11) is 2.91. The van der Waals surface area contributed by atoms with Gasteiger partial charge in [-0.1, -0.05) is 29.8 Å². The van der Waals surface area contributed by atoms with Crippen molar-refractivity contribution < 1.29 is 28.6 Å². The summed E-state index contributed by atoms with van der Waals surface area (Å²) in [4.78, 5) is 37.2. The molecule has 0 aliphatic rings. The molecular weight excluding hydrogens is 474 g/mol. The minimum absolute atomic E-state index is 0.221. The maximum Gasteiger partial charge on any atom is 0.343 e. The van der Waals surface area contributed by atoms with Crippen molar-refractivity contribution in [2.24, 2.45) is 5.10 Å². The lowest BCUT2D eigenvalue weighted by Crippen LogP contribution is -2.33. The van der Waals surface area contributed by atoms with Crippen molar-refractivity contribution in [3.8, 4) is 17.2 Å². The molecule has 0 saturated heterocycles. The lowest BCUT2D eigenvalue weighted by molar-refractivity contribution is -0.136. The Morgan fingerprint density at radius 3 is 2.34 bits per heavy atom. The van der Waals surface area contributed by atoms with Gasteiger partial charge in [0.2, 0.25) is 0 Å². The number of carbonyl (C=O) groups is 3. The Morgan fingerprint density at radius 2 is 1.63 bits per heavy atom. The van der Waals surface area contributed by atoms with Crippen LogP contribution in [0.5, 0.6) is 17.2 Å². The van der Waals surface area contributed by atoms with Gasteiger partial charge >= 0.3 is 17.8 Å². The van der Waals surface area contributed by atoms with Crippen LogP contribution in [-0.4, -0.2) is 37.7 Å². The van der Waals surface area contributed by atoms with Gasteiger partial charge in [-0.3, -0.25) is 9.59 Å². The summed E-state index contributed by atoms with van der Waals surface area (Å²) in [5.41, 5.74) is 3.47. The highest BCUT2D eigenvalue weighted by Crippen LogP contribution is 2.28. The summed E-state index contributed by atoms with van der Waals surface area (Å²) in [5, 5.41) is 6.83. The van der Waals surface area contributed by atoms with Crippen LogP contribution in [0.25, 0.3) is 0 Å². The van der Waals surface area contributed by atoms with E-state index >= 15 is 0 Å². The Bertz CT molecular complexity index is 1290. The molecule has 0 bridgehead atoms. The largest absolute Gasteiger partial charge is 0.497 e. The molecule has 0 aromatic heterocycles. The lowest BCUT2D eigenvalue weighted by atomic mass is 10.1. The summed E-state index contributed by atoms with van der Waals surface area (Å²) >= 11 is 5.94. The van der Waals surface area contributed by atoms with Gasteiger partial charge in [0.15, 0.2) is 0 Å². The topological polar surface area (TPSA) is 115 Å². The monoisotopic (exact) mass is 495 g/mol. The second-order valence-corrected chi connectivity index (χ2v) is 7.49. The number of rotatable bonds is 7. The Morgan fingerprint density at radius 1 is 0.857 bits per heavy atom. The molecular formula is C25H22ClN3O6. The number of ether oxygens (including phenoxy) is 3. The van der Waals surface area contributed by atoms with Crippen molar-refractivity contribution in [3.05, 3.63) is 82.9 Å². The first-order chi connectivity index (χ1) is 16.8. The molecule has 2 N–H and O–H groups in total. The van der Waals surface area contributed by atoms with Crippen LogP contribution in [0.4, 0.5) is 5.69 Å². The van der Waals surface area contributed by atoms with Crippen LogP contribution in [0.3, 0.4) is 0 Å². The van der Waals surface area contributed by atoms with Crippen LogP contribution in [0, 0.1) is 0 Å². The number of para-hydroxylation sites is 1. The number of hydrazone groups is 1. The number of anilines is 1. The van der Waals surface area contributed by atoms with Crippen LogP contribution < -0.4 is 25.0 Å². The van der Waals surface area contributed by atoms with Crippen LogP contribution in [0.15, 0.2) is 71.8 Å². The molecule has 10 heteroatoms. The van der Waals surface area contributed by atoms with E-state index in [1.165, 1.54) is 26.4 Å². The van der Waals surface area contributed by atoms with E-state index in [1.54, 1.807) is 61.5 Å². The van der Waals surface area contributed by atoms with Crippen molar-refractivity contribution in [1.29, 1.82) is 0 Å². The molecule has 2 amide bonds. The molecule has 0 radical (unpaired) electrons. The van der Waals surface area contributed by atoms with Crippen LogP contribution in [0.1, 0.15) is 22.8 Å². The van der Waals surface area contributed by atoms with Crippen molar-refractivity contribution in [1.82, 2.24) is 5.43 Å².